The van der Waals surface area contributed by atoms with Crippen molar-refractivity contribution in [3.8, 4) is 0 Å². The first-order chi connectivity index (χ1) is 15.8. The van der Waals surface area contributed by atoms with Gasteiger partial charge in [0.25, 0.3) is 0 Å². The van der Waals surface area contributed by atoms with Gasteiger partial charge in [0.1, 0.15) is 0 Å². The zero-order valence-corrected chi connectivity index (χ0v) is 18.1. The molecule has 0 amide bonds. The number of esters is 1. The summed E-state index contributed by atoms with van der Waals surface area (Å²) in [5.41, 5.74) is 0. The molecule has 12 nitrogen and oxygen atoms in total. The van der Waals surface area contributed by atoms with Crippen LogP contribution in [0.4, 0.5) is 13.2 Å². The molecule has 0 radical (unpaired) electrons. The van der Waals surface area contributed by atoms with E-state index < -0.39 is 48.6 Å². The van der Waals surface area contributed by atoms with E-state index in [4.69, 9.17) is 25.5 Å². The van der Waals surface area contributed by atoms with Gasteiger partial charge in [0.05, 0.1) is 0 Å². The van der Waals surface area contributed by atoms with Gasteiger partial charge in [0.2, 0.25) is 0 Å². The Labute approximate surface area is 197 Å². The number of carbonyl (C=O) groups excluding carboxylic acids is 1. The molecule has 35 heavy (non-hydrogen) atoms. The zero-order valence-electron chi connectivity index (χ0n) is 18.1. The number of carboxylic acids is 5. The van der Waals surface area contributed by atoms with Gasteiger partial charge in [-0.3, -0.25) is 0 Å². The number of hydrogen-bond acceptors (Lipinski definition) is 7. The van der Waals surface area contributed by atoms with Crippen LogP contribution in [0.5, 0.6) is 0 Å². The summed E-state index contributed by atoms with van der Waals surface area (Å²) in [6.07, 6.45) is 0.379. The molecule has 0 heterocycles. The summed E-state index contributed by atoms with van der Waals surface area (Å²) in [5, 5.41) is 38.0. The molecule has 0 unspecified atom stereocenters. The van der Waals surface area contributed by atoms with Crippen LogP contribution in [0.15, 0.2) is 75.9 Å². The minimum Gasteiger partial charge on any atom is -0.478 e. The molecule has 0 aliphatic rings. The second-order valence-corrected chi connectivity index (χ2v) is 4.14. The van der Waals surface area contributed by atoms with E-state index in [1.165, 1.54) is 0 Å². The Morgan fingerprint density at radius 3 is 0.800 bits per heavy atom. The molecule has 0 aromatic carbocycles. The summed E-state index contributed by atoms with van der Waals surface area (Å²) < 4.78 is 37.4. The van der Waals surface area contributed by atoms with Crippen LogP contribution in [-0.4, -0.2) is 74.1 Å². The standard InChI is InChI=1S/C5H5F3O2.5C3H4O2/c1-2-4(9)10-3-5(6,7)8;5*1-2-3(4)5/h2H,1,3H2;5*2H,1H2,(H,4,5). The van der Waals surface area contributed by atoms with Gasteiger partial charge in [-0.25, -0.2) is 28.8 Å². The molecule has 0 bridgehead atoms. The number of alkyl halides is 3. The second-order valence-electron chi connectivity index (χ2n) is 4.14. The highest BCUT2D eigenvalue weighted by Crippen LogP contribution is 2.14. The fourth-order valence-electron chi connectivity index (χ4n) is 0.212. The van der Waals surface area contributed by atoms with Gasteiger partial charge >= 0.3 is 42.0 Å². The Morgan fingerprint density at radius 1 is 0.543 bits per heavy atom. The highest BCUT2D eigenvalue weighted by atomic mass is 19.4. The van der Waals surface area contributed by atoms with E-state index in [0.717, 1.165) is 30.4 Å². The molecule has 0 spiro atoms. The van der Waals surface area contributed by atoms with Crippen LogP contribution in [0.25, 0.3) is 0 Å². The van der Waals surface area contributed by atoms with Gasteiger partial charge in [0, 0.05) is 36.5 Å². The number of rotatable bonds is 7. The third kappa shape index (κ3) is 125. The molecule has 0 rings (SSSR count). The Balaban J connectivity index is -0.0000000744. The molecule has 0 atom stereocenters. The maximum atomic E-state index is 11.2. The Morgan fingerprint density at radius 2 is 0.714 bits per heavy atom. The lowest BCUT2D eigenvalue weighted by Gasteiger charge is -2.04. The van der Waals surface area contributed by atoms with Crippen LogP contribution in [0, 0.1) is 0 Å². The van der Waals surface area contributed by atoms with E-state index >= 15 is 0 Å². The van der Waals surface area contributed by atoms with Crippen molar-refractivity contribution in [2.75, 3.05) is 6.61 Å². The molecule has 5 N–H and O–H groups in total. The average molecular weight is 514 g/mol. The van der Waals surface area contributed by atoms with Crippen molar-refractivity contribution >= 4 is 35.8 Å². The molecule has 0 saturated heterocycles. The lowest BCUT2D eigenvalue weighted by atomic mass is 10.6. The van der Waals surface area contributed by atoms with Crippen molar-refractivity contribution in [2.45, 2.75) is 6.18 Å². The highest BCUT2D eigenvalue weighted by Gasteiger charge is 2.28. The Kier molecular flexibility index (Phi) is 39.1. The number of carbonyl (C=O) groups is 6. The number of halogens is 3. The van der Waals surface area contributed by atoms with Crippen molar-refractivity contribution in [3.05, 3.63) is 75.9 Å². The summed E-state index contributed by atoms with van der Waals surface area (Å²) in [6.45, 7) is 16.2. The molecule has 0 aromatic heterocycles. The summed E-state index contributed by atoms with van der Waals surface area (Å²) in [7, 11) is 0. The normalized spacial score (nSPS) is 7.63. The third-order valence-electron chi connectivity index (χ3n) is 1.42. The van der Waals surface area contributed by atoms with E-state index in [2.05, 4.69) is 44.2 Å². The minimum atomic E-state index is -4.46. The lowest BCUT2D eigenvalue weighted by Crippen LogP contribution is -2.19. The van der Waals surface area contributed by atoms with Crippen LogP contribution in [0.3, 0.4) is 0 Å². The van der Waals surface area contributed by atoms with Crippen LogP contribution in [0.2, 0.25) is 0 Å². The predicted molar refractivity (Wildman–Crippen MR) is 116 cm³/mol. The van der Waals surface area contributed by atoms with Gasteiger partial charge in [-0.05, 0) is 0 Å². The summed E-state index contributed by atoms with van der Waals surface area (Å²) in [5.74, 6) is -5.98. The van der Waals surface area contributed by atoms with Crippen molar-refractivity contribution < 1.29 is 72.2 Å². The molecule has 0 fully saturated rings. The van der Waals surface area contributed by atoms with Crippen molar-refractivity contribution in [1.82, 2.24) is 0 Å². The van der Waals surface area contributed by atoms with Gasteiger partial charge < -0.3 is 30.3 Å². The zero-order chi connectivity index (χ0) is 29.6. The van der Waals surface area contributed by atoms with E-state index in [-0.39, 0.29) is 0 Å². The third-order valence-corrected chi connectivity index (χ3v) is 1.42. The Bertz CT molecular complexity index is 634. The van der Waals surface area contributed by atoms with Gasteiger partial charge in [-0.1, -0.05) is 39.5 Å². The summed E-state index contributed by atoms with van der Waals surface area (Å²) >= 11 is 0. The summed E-state index contributed by atoms with van der Waals surface area (Å²) in [6, 6.07) is 0. The first-order valence-corrected chi connectivity index (χ1v) is 7.94. The number of ether oxygens (including phenoxy) is 1. The molecule has 0 saturated carbocycles. The van der Waals surface area contributed by atoms with Crippen molar-refractivity contribution in [3.63, 3.8) is 0 Å². The molecular weight excluding hydrogens is 489 g/mol. The van der Waals surface area contributed by atoms with E-state index in [9.17, 15) is 41.9 Å². The quantitative estimate of drug-likeness (QED) is 0.245. The predicted octanol–water partition coefficient (Wildman–Crippen LogP) is 2.56. The first kappa shape index (κ1) is 43.8. The van der Waals surface area contributed by atoms with Gasteiger partial charge in [-0.2, -0.15) is 13.2 Å². The average Bonchev–Trinajstić information content (AvgIpc) is 2.78. The van der Waals surface area contributed by atoms with Crippen LogP contribution in [-0.2, 0) is 33.5 Å². The van der Waals surface area contributed by atoms with E-state index in [1.807, 2.05) is 0 Å². The fourth-order valence-corrected chi connectivity index (χ4v) is 0.212. The molecule has 15 heteroatoms. The lowest BCUT2D eigenvalue weighted by molar-refractivity contribution is -0.182. The first-order valence-electron chi connectivity index (χ1n) is 7.94. The maximum absolute atomic E-state index is 11.2. The number of carboxylic acid groups (broad SMARTS) is 5. The second kappa shape index (κ2) is 31.2. The van der Waals surface area contributed by atoms with Crippen LogP contribution < -0.4 is 0 Å². The SMILES string of the molecule is C=CC(=O)O.C=CC(=O)O.C=CC(=O)O.C=CC(=O)O.C=CC(=O)O.C=CC(=O)OCC(F)(F)F. The van der Waals surface area contributed by atoms with E-state index in [1.54, 1.807) is 0 Å². The molecule has 0 aromatic rings. The molecule has 198 valence electrons. The fraction of sp³-hybridized carbons (Fsp3) is 0.100. The summed E-state index contributed by atoms with van der Waals surface area (Å²) in [4.78, 5) is 56.3. The number of hydrogen-bond donors (Lipinski definition) is 5. The minimum absolute atomic E-state index is 0.672. The largest absolute Gasteiger partial charge is 0.478 e. The van der Waals surface area contributed by atoms with Crippen molar-refractivity contribution in [1.29, 1.82) is 0 Å². The van der Waals surface area contributed by atoms with E-state index in [0.29, 0.717) is 6.08 Å². The molecular formula is C20H25F3O12. The number of aliphatic carboxylic acids is 5. The highest BCUT2D eigenvalue weighted by molar-refractivity contribution is 5.81. The van der Waals surface area contributed by atoms with Crippen LogP contribution >= 0.6 is 0 Å². The van der Waals surface area contributed by atoms with Crippen LogP contribution in [0.1, 0.15) is 0 Å². The van der Waals surface area contributed by atoms with Crippen molar-refractivity contribution in [2.24, 2.45) is 0 Å². The van der Waals surface area contributed by atoms with Gasteiger partial charge in [-0.15, -0.1) is 0 Å². The smallest absolute Gasteiger partial charge is 0.422 e. The monoisotopic (exact) mass is 514 g/mol. The molecule has 0 aliphatic heterocycles. The maximum Gasteiger partial charge on any atom is 0.422 e. The van der Waals surface area contributed by atoms with Gasteiger partial charge in [0.15, 0.2) is 6.61 Å². The topological polar surface area (TPSA) is 213 Å². The molecule has 0 aliphatic carbocycles. The Hall–Kier alpha value is -4.95.